The molecule has 0 aliphatic heterocycles. The molecule has 0 radical (unpaired) electrons. The number of nitrogens with one attached hydrogen (secondary N) is 1. The molecule has 1 heterocycles. The van der Waals surface area contributed by atoms with Gasteiger partial charge in [0.2, 0.25) is 0 Å². The minimum atomic E-state index is 0.0290. The maximum absolute atomic E-state index is 8.74. The molecule has 8 heteroatoms. The van der Waals surface area contributed by atoms with Crippen LogP contribution in [0, 0.1) is 0 Å². The molecule has 6 nitrogen and oxygen atoms in total. The van der Waals surface area contributed by atoms with Crippen molar-refractivity contribution < 1.29 is 9.84 Å². The average Bonchev–Trinajstić information content (AvgIpc) is 3.11. The molecule has 0 amide bonds. The second kappa shape index (κ2) is 10.5. The Morgan fingerprint density at radius 1 is 1.00 bits per heavy atom. The number of aliphatic hydroxyl groups is 1. The van der Waals surface area contributed by atoms with Crippen LogP contribution in [-0.2, 0) is 17.8 Å². The largest absolute Gasteiger partial charge is 0.394 e. The summed E-state index contributed by atoms with van der Waals surface area (Å²) in [5.41, 5.74) is 3.68. The molecule has 0 saturated carbocycles. The summed E-state index contributed by atoms with van der Waals surface area (Å²) in [4.78, 5) is 1.67. The van der Waals surface area contributed by atoms with E-state index in [2.05, 4.69) is 15.5 Å². The number of ether oxygens (including phenoxy) is 1. The maximum Gasteiger partial charge on any atom is 0.117 e. The van der Waals surface area contributed by atoms with Crippen molar-refractivity contribution in [2.45, 2.75) is 13.1 Å². The predicted molar refractivity (Wildman–Crippen MR) is 111 cm³/mol. The highest BCUT2D eigenvalue weighted by Gasteiger charge is 2.13. The van der Waals surface area contributed by atoms with Crippen LogP contribution in [0.3, 0.4) is 0 Å². The summed E-state index contributed by atoms with van der Waals surface area (Å²) in [6.07, 6.45) is 0. The summed E-state index contributed by atoms with van der Waals surface area (Å²) >= 11 is 12.1. The molecule has 2 aromatic carbocycles. The van der Waals surface area contributed by atoms with Crippen LogP contribution in [-0.4, -0.2) is 46.5 Å². The van der Waals surface area contributed by atoms with Gasteiger partial charge in [-0.15, -0.1) is 0 Å². The van der Waals surface area contributed by atoms with Gasteiger partial charge < -0.3 is 15.2 Å². The lowest BCUT2D eigenvalue weighted by molar-refractivity contribution is 0.0937. The first kappa shape index (κ1) is 20.8. The van der Waals surface area contributed by atoms with E-state index < -0.39 is 0 Å². The van der Waals surface area contributed by atoms with E-state index >= 15 is 0 Å². The van der Waals surface area contributed by atoms with Crippen LogP contribution < -0.4 is 5.32 Å². The summed E-state index contributed by atoms with van der Waals surface area (Å²) in [6.45, 7) is 2.62. The first-order valence-electron chi connectivity index (χ1n) is 9.00. The number of nitrogens with zero attached hydrogens (tertiary/aromatic N) is 3. The van der Waals surface area contributed by atoms with Gasteiger partial charge in [0, 0.05) is 18.7 Å². The van der Waals surface area contributed by atoms with E-state index in [1.165, 1.54) is 0 Å². The molecule has 0 unspecified atom stereocenters. The highest BCUT2D eigenvalue weighted by atomic mass is 35.5. The lowest BCUT2D eigenvalue weighted by Crippen LogP contribution is -2.20. The number of hydrogen-bond acceptors (Lipinski definition) is 5. The van der Waals surface area contributed by atoms with Crippen LogP contribution in [0.1, 0.15) is 11.3 Å². The monoisotopic (exact) mass is 420 g/mol. The Labute approximate surface area is 174 Å². The maximum atomic E-state index is 8.74. The second-order valence-corrected chi connectivity index (χ2v) is 6.97. The number of aromatic nitrogens is 3. The van der Waals surface area contributed by atoms with E-state index in [-0.39, 0.29) is 6.61 Å². The molecular formula is C20H22Cl2N4O2. The smallest absolute Gasteiger partial charge is 0.117 e. The molecule has 0 aliphatic carbocycles. The van der Waals surface area contributed by atoms with Crippen molar-refractivity contribution in [2.24, 2.45) is 0 Å². The minimum absolute atomic E-state index is 0.0290. The molecule has 3 rings (SSSR count). The molecule has 148 valence electrons. The third-order valence-corrected chi connectivity index (χ3v) is 4.77. The third kappa shape index (κ3) is 5.77. The SMILES string of the molecule is OCCOCCNCc1nn(Cc2ccc(Cl)c(Cl)c2)nc1-c1ccccc1. The van der Waals surface area contributed by atoms with Crippen LogP contribution in [0.4, 0.5) is 0 Å². The van der Waals surface area contributed by atoms with Gasteiger partial charge in [-0.25, -0.2) is 0 Å². The molecule has 28 heavy (non-hydrogen) atoms. The average molecular weight is 421 g/mol. The van der Waals surface area contributed by atoms with Crippen LogP contribution in [0.15, 0.2) is 48.5 Å². The van der Waals surface area contributed by atoms with Crippen molar-refractivity contribution in [2.75, 3.05) is 26.4 Å². The van der Waals surface area contributed by atoms with E-state index in [1.807, 2.05) is 42.5 Å². The quantitative estimate of drug-likeness (QED) is 0.491. The predicted octanol–water partition coefficient (Wildman–Crippen LogP) is 3.40. The van der Waals surface area contributed by atoms with Gasteiger partial charge in [-0.2, -0.15) is 15.0 Å². The lowest BCUT2D eigenvalue weighted by atomic mass is 10.1. The Balaban J connectivity index is 1.74. The molecule has 0 fully saturated rings. The number of aliphatic hydroxyl groups excluding tert-OH is 1. The fourth-order valence-corrected chi connectivity index (χ4v) is 3.03. The topological polar surface area (TPSA) is 72.2 Å². The molecular weight excluding hydrogens is 399 g/mol. The Bertz CT molecular complexity index is 887. The van der Waals surface area contributed by atoms with Crippen molar-refractivity contribution in [3.05, 3.63) is 69.8 Å². The third-order valence-electron chi connectivity index (χ3n) is 4.03. The summed E-state index contributed by atoms with van der Waals surface area (Å²) in [5.74, 6) is 0. The normalized spacial score (nSPS) is 11.1. The van der Waals surface area contributed by atoms with E-state index in [9.17, 15) is 0 Å². The van der Waals surface area contributed by atoms with Crippen LogP contribution in [0.25, 0.3) is 11.3 Å². The van der Waals surface area contributed by atoms with Crippen LogP contribution in [0.2, 0.25) is 10.0 Å². The molecule has 0 bridgehead atoms. The van der Waals surface area contributed by atoms with Crippen LogP contribution in [0.5, 0.6) is 0 Å². The number of hydrogen-bond donors (Lipinski definition) is 2. The highest BCUT2D eigenvalue weighted by Crippen LogP contribution is 2.24. The Hall–Kier alpha value is -1.96. The van der Waals surface area contributed by atoms with Gasteiger partial charge in [0.1, 0.15) is 11.4 Å². The first-order chi connectivity index (χ1) is 13.7. The summed E-state index contributed by atoms with van der Waals surface area (Å²) in [5, 5.41) is 22.4. The minimum Gasteiger partial charge on any atom is -0.394 e. The van der Waals surface area contributed by atoms with Gasteiger partial charge in [0.15, 0.2) is 0 Å². The Kier molecular flexibility index (Phi) is 7.82. The highest BCUT2D eigenvalue weighted by molar-refractivity contribution is 6.42. The number of rotatable bonds is 10. The molecule has 0 aliphatic rings. The van der Waals surface area contributed by atoms with Gasteiger partial charge >= 0.3 is 0 Å². The van der Waals surface area contributed by atoms with Crippen molar-refractivity contribution in [1.82, 2.24) is 20.3 Å². The van der Waals surface area contributed by atoms with Crippen LogP contribution >= 0.6 is 23.2 Å². The molecule has 3 aromatic rings. The zero-order chi connectivity index (χ0) is 19.8. The molecule has 1 aromatic heterocycles. The standard InChI is InChI=1S/C20H22Cl2N4O2/c21-17-7-6-15(12-18(17)22)14-26-24-19(13-23-8-10-28-11-9-27)20(25-26)16-4-2-1-3-5-16/h1-7,12,23,27H,8-11,13-14H2. The van der Waals surface area contributed by atoms with E-state index in [1.54, 1.807) is 10.9 Å². The summed E-state index contributed by atoms with van der Waals surface area (Å²) < 4.78 is 5.26. The van der Waals surface area contributed by atoms with Gasteiger partial charge in [-0.1, -0.05) is 59.6 Å². The molecule has 0 atom stereocenters. The lowest BCUT2D eigenvalue weighted by Gasteiger charge is -2.05. The van der Waals surface area contributed by atoms with Gasteiger partial charge in [-0.3, -0.25) is 0 Å². The van der Waals surface area contributed by atoms with Gasteiger partial charge in [0.05, 0.1) is 36.4 Å². The van der Waals surface area contributed by atoms with Crippen molar-refractivity contribution in [1.29, 1.82) is 0 Å². The first-order valence-corrected chi connectivity index (χ1v) is 9.75. The fraction of sp³-hybridized carbons (Fsp3) is 0.300. The number of halogens is 2. The van der Waals surface area contributed by atoms with Crippen molar-refractivity contribution >= 4 is 23.2 Å². The van der Waals surface area contributed by atoms with Gasteiger partial charge in [-0.05, 0) is 17.7 Å². The molecule has 2 N–H and O–H groups in total. The Morgan fingerprint density at radius 2 is 1.82 bits per heavy atom. The summed E-state index contributed by atoms with van der Waals surface area (Å²) in [7, 11) is 0. The van der Waals surface area contributed by atoms with E-state index in [4.69, 9.17) is 33.0 Å². The number of benzene rings is 2. The Morgan fingerprint density at radius 3 is 2.57 bits per heavy atom. The van der Waals surface area contributed by atoms with Gasteiger partial charge in [0.25, 0.3) is 0 Å². The van der Waals surface area contributed by atoms with E-state index in [0.29, 0.717) is 42.9 Å². The second-order valence-electron chi connectivity index (χ2n) is 6.15. The molecule has 0 saturated heterocycles. The fourth-order valence-electron chi connectivity index (χ4n) is 2.71. The zero-order valence-corrected chi connectivity index (χ0v) is 16.8. The molecule has 0 spiro atoms. The summed E-state index contributed by atoms with van der Waals surface area (Å²) in [6, 6.07) is 15.5. The van der Waals surface area contributed by atoms with E-state index in [0.717, 1.165) is 22.5 Å². The zero-order valence-electron chi connectivity index (χ0n) is 15.3. The van der Waals surface area contributed by atoms with Crippen molar-refractivity contribution in [3.63, 3.8) is 0 Å². The van der Waals surface area contributed by atoms with Crippen molar-refractivity contribution in [3.8, 4) is 11.3 Å².